The highest BCUT2D eigenvalue weighted by Crippen LogP contribution is 2.37. The van der Waals surface area contributed by atoms with E-state index in [0.29, 0.717) is 0 Å². The van der Waals surface area contributed by atoms with Gasteiger partial charge in [0, 0.05) is 11.6 Å². The quantitative estimate of drug-likeness (QED) is 0.904. The summed E-state index contributed by atoms with van der Waals surface area (Å²) in [7, 11) is 0. The minimum atomic E-state index is -1.47. The lowest BCUT2D eigenvalue weighted by atomic mass is 10.0. The molecule has 0 bridgehead atoms. The van der Waals surface area contributed by atoms with Crippen molar-refractivity contribution in [3.05, 3.63) is 48.1 Å². The molecular weight excluding hydrogens is 284 g/mol. The number of rotatable bonds is 4. The van der Waals surface area contributed by atoms with E-state index in [2.05, 4.69) is 10.1 Å². The van der Waals surface area contributed by atoms with Crippen molar-refractivity contribution >= 4 is 0 Å². The SMILES string of the molecule is OC[C@H]1CO[C@](Cn2cncn2)(c2ccc(F)cc2F)O1. The lowest BCUT2D eigenvalue weighted by molar-refractivity contribution is -0.193. The van der Waals surface area contributed by atoms with Gasteiger partial charge in [0.25, 0.3) is 0 Å². The van der Waals surface area contributed by atoms with Gasteiger partial charge in [0.05, 0.1) is 13.2 Å². The molecule has 2 atom stereocenters. The number of nitrogens with zero attached hydrogens (tertiary/aromatic N) is 3. The van der Waals surface area contributed by atoms with Gasteiger partial charge in [-0.3, -0.25) is 0 Å². The number of hydrogen-bond acceptors (Lipinski definition) is 5. The fourth-order valence-corrected chi connectivity index (χ4v) is 2.29. The minimum Gasteiger partial charge on any atom is -0.394 e. The average Bonchev–Trinajstić information content (AvgIpc) is 3.09. The molecule has 0 radical (unpaired) electrons. The molecule has 6 nitrogen and oxygen atoms in total. The predicted octanol–water partition coefficient (Wildman–Crippen LogP) is 0.817. The molecule has 1 aromatic heterocycles. The Morgan fingerprint density at radius 3 is 2.90 bits per heavy atom. The lowest BCUT2D eigenvalue weighted by Crippen LogP contribution is -2.35. The van der Waals surface area contributed by atoms with Crippen LogP contribution in [0.15, 0.2) is 30.9 Å². The lowest BCUT2D eigenvalue weighted by Gasteiger charge is -2.28. The zero-order valence-corrected chi connectivity index (χ0v) is 10.9. The van der Waals surface area contributed by atoms with Crippen LogP contribution in [0, 0.1) is 11.6 Å². The smallest absolute Gasteiger partial charge is 0.218 e. The Morgan fingerprint density at radius 2 is 2.29 bits per heavy atom. The summed E-state index contributed by atoms with van der Waals surface area (Å²) in [5.74, 6) is -2.95. The summed E-state index contributed by atoms with van der Waals surface area (Å²) in [6.07, 6.45) is 2.17. The van der Waals surface area contributed by atoms with Crippen LogP contribution in [0.25, 0.3) is 0 Å². The van der Waals surface area contributed by atoms with E-state index >= 15 is 0 Å². The van der Waals surface area contributed by atoms with E-state index in [0.717, 1.165) is 12.1 Å². The number of aromatic nitrogens is 3. The Kier molecular flexibility index (Phi) is 3.66. The van der Waals surface area contributed by atoms with Crippen LogP contribution in [0.4, 0.5) is 8.78 Å². The molecule has 3 rings (SSSR count). The molecule has 0 aliphatic carbocycles. The van der Waals surface area contributed by atoms with Crippen molar-refractivity contribution < 1.29 is 23.4 Å². The fraction of sp³-hybridized carbons (Fsp3) is 0.385. The van der Waals surface area contributed by atoms with Crippen molar-refractivity contribution in [3.8, 4) is 0 Å². The third-order valence-corrected chi connectivity index (χ3v) is 3.24. The van der Waals surface area contributed by atoms with Crippen molar-refractivity contribution in [2.24, 2.45) is 0 Å². The molecule has 0 amide bonds. The summed E-state index contributed by atoms with van der Waals surface area (Å²) in [5.41, 5.74) is 0.0513. The van der Waals surface area contributed by atoms with Crippen LogP contribution >= 0.6 is 0 Å². The van der Waals surface area contributed by atoms with E-state index in [9.17, 15) is 13.9 Å². The maximum Gasteiger partial charge on any atom is 0.218 e. The zero-order chi connectivity index (χ0) is 14.9. The van der Waals surface area contributed by atoms with Crippen LogP contribution in [0.1, 0.15) is 5.56 Å². The minimum absolute atomic E-state index is 0.0338. The largest absolute Gasteiger partial charge is 0.394 e. The third-order valence-electron chi connectivity index (χ3n) is 3.24. The Hall–Kier alpha value is -1.90. The average molecular weight is 297 g/mol. The van der Waals surface area contributed by atoms with Crippen LogP contribution in [-0.4, -0.2) is 39.2 Å². The van der Waals surface area contributed by atoms with Crippen LogP contribution in [-0.2, 0) is 21.8 Å². The van der Waals surface area contributed by atoms with Gasteiger partial charge < -0.3 is 14.6 Å². The molecule has 1 fully saturated rings. The summed E-state index contributed by atoms with van der Waals surface area (Å²) in [6, 6.07) is 3.15. The number of aliphatic hydroxyl groups is 1. The summed E-state index contributed by atoms with van der Waals surface area (Å²) >= 11 is 0. The van der Waals surface area contributed by atoms with Crippen LogP contribution < -0.4 is 0 Å². The number of aliphatic hydroxyl groups excluding tert-OH is 1. The monoisotopic (exact) mass is 297 g/mol. The molecule has 2 heterocycles. The number of hydrogen-bond donors (Lipinski definition) is 1. The number of halogens is 2. The van der Waals surface area contributed by atoms with Crippen molar-refractivity contribution in [2.75, 3.05) is 13.2 Å². The highest BCUT2D eigenvalue weighted by molar-refractivity contribution is 5.24. The standard InChI is InChI=1S/C13H13F2N3O3/c14-9-1-2-11(12(15)3-9)13(6-18-8-16-7-17-18)20-5-10(4-19)21-13/h1-3,7-8,10,19H,4-6H2/t10-,13-/m0/s1. The van der Waals surface area contributed by atoms with E-state index in [1.54, 1.807) is 0 Å². The topological polar surface area (TPSA) is 69.4 Å². The second-order valence-electron chi connectivity index (χ2n) is 4.70. The normalized spacial score (nSPS) is 25.4. The fourth-order valence-electron chi connectivity index (χ4n) is 2.29. The molecule has 112 valence electrons. The van der Waals surface area contributed by atoms with Crippen molar-refractivity contribution in [1.29, 1.82) is 0 Å². The van der Waals surface area contributed by atoms with Crippen molar-refractivity contribution in [2.45, 2.75) is 18.4 Å². The third kappa shape index (κ3) is 2.65. The van der Waals surface area contributed by atoms with E-state index in [-0.39, 0.29) is 25.3 Å². The molecule has 0 saturated carbocycles. The van der Waals surface area contributed by atoms with Crippen molar-refractivity contribution in [3.63, 3.8) is 0 Å². The number of benzene rings is 1. The first-order chi connectivity index (χ1) is 10.1. The summed E-state index contributed by atoms with van der Waals surface area (Å²) in [6.45, 7) is -0.129. The number of ether oxygens (including phenoxy) is 2. The molecular formula is C13H13F2N3O3. The van der Waals surface area contributed by atoms with E-state index in [1.165, 1.54) is 23.4 Å². The van der Waals surface area contributed by atoms with Gasteiger partial charge >= 0.3 is 0 Å². The van der Waals surface area contributed by atoms with Gasteiger partial charge in [-0.1, -0.05) is 0 Å². The molecule has 1 saturated heterocycles. The van der Waals surface area contributed by atoms with Gasteiger partial charge in [-0.25, -0.2) is 18.4 Å². The van der Waals surface area contributed by atoms with Gasteiger partial charge in [-0.2, -0.15) is 5.10 Å². The second-order valence-corrected chi connectivity index (χ2v) is 4.70. The Labute approximate surface area is 118 Å². The van der Waals surface area contributed by atoms with Gasteiger partial charge in [0.2, 0.25) is 5.79 Å². The van der Waals surface area contributed by atoms with Gasteiger partial charge in [-0.15, -0.1) is 0 Å². The molecule has 1 N–H and O–H groups in total. The van der Waals surface area contributed by atoms with Crippen LogP contribution in [0.3, 0.4) is 0 Å². The van der Waals surface area contributed by atoms with E-state index in [1.807, 2.05) is 0 Å². The maximum atomic E-state index is 14.1. The molecule has 0 spiro atoms. The molecule has 1 aliphatic rings. The first kappa shape index (κ1) is 14.1. The molecule has 0 unspecified atom stereocenters. The maximum absolute atomic E-state index is 14.1. The second kappa shape index (κ2) is 5.47. The van der Waals surface area contributed by atoms with E-state index < -0.39 is 23.5 Å². The van der Waals surface area contributed by atoms with Crippen LogP contribution in [0.2, 0.25) is 0 Å². The highest BCUT2D eigenvalue weighted by atomic mass is 19.1. The van der Waals surface area contributed by atoms with Crippen molar-refractivity contribution in [1.82, 2.24) is 14.8 Å². The van der Waals surface area contributed by atoms with Gasteiger partial charge in [0.15, 0.2) is 0 Å². The summed E-state index contributed by atoms with van der Waals surface area (Å²) in [5, 5.41) is 13.1. The van der Waals surface area contributed by atoms with E-state index in [4.69, 9.17) is 9.47 Å². The summed E-state index contributed by atoms with van der Waals surface area (Å²) in [4.78, 5) is 3.80. The molecule has 1 aromatic carbocycles. The van der Waals surface area contributed by atoms with Crippen LogP contribution in [0.5, 0.6) is 0 Å². The molecule has 1 aliphatic heterocycles. The first-order valence-corrected chi connectivity index (χ1v) is 6.33. The Bertz CT molecular complexity index is 623. The molecule has 2 aromatic rings. The Balaban J connectivity index is 1.99. The predicted molar refractivity (Wildman–Crippen MR) is 66.0 cm³/mol. The van der Waals surface area contributed by atoms with Gasteiger partial charge in [0.1, 0.15) is 36.9 Å². The summed E-state index contributed by atoms with van der Waals surface area (Å²) < 4.78 is 39.9. The molecule has 8 heteroatoms. The Morgan fingerprint density at radius 1 is 1.43 bits per heavy atom. The highest BCUT2D eigenvalue weighted by Gasteiger charge is 2.45. The first-order valence-electron chi connectivity index (χ1n) is 6.33. The molecule has 21 heavy (non-hydrogen) atoms. The zero-order valence-electron chi connectivity index (χ0n) is 10.9. The van der Waals surface area contributed by atoms with Gasteiger partial charge in [-0.05, 0) is 12.1 Å².